The molecule has 0 saturated carbocycles. The Hall–Kier alpha value is -0.0400. The molecule has 0 aromatic heterocycles. The summed E-state index contributed by atoms with van der Waals surface area (Å²) in [7, 11) is 0. The minimum absolute atomic E-state index is 0.940. The second kappa shape index (κ2) is 4.73. The monoisotopic (exact) mass is 141 g/mol. The first kappa shape index (κ1) is 8.06. The van der Waals surface area contributed by atoms with Crippen LogP contribution in [-0.4, -0.2) is 13.2 Å². The summed E-state index contributed by atoms with van der Waals surface area (Å²) in [5.74, 6) is 0.940. The van der Waals surface area contributed by atoms with Crippen molar-refractivity contribution in [3.63, 3.8) is 0 Å². The van der Waals surface area contributed by atoms with Crippen LogP contribution in [0, 0.1) is 12.8 Å². The predicted octanol–water partition coefficient (Wildman–Crippen LogP) is 2.42. The van der Waals surface area contributed by atoms with E-state index in [9.17, 15) is 0 Å². The zero-order chi connectivity index (χ0) is 7.23. The van der Waals surface area contributed by atoms with Crippen LogP contribution >= 0.6 is 0 Å². The summed E-state index contributed by atoms with van der Waals surface area (Å²) in [6.45, 7) is 5.81. The van der Waals surface area contributed by atoms with E-state index in [-0.39, 0.29) is 0 Å². The summed E-state index contributed by atoms with van der Waals surface area (Å²) in [4.78, 5) is 0. The van der Waals surface area contributed by atoms with Gasteiger partial charge in [0.2, 0.25) is 0 Å². The number of ether oxygens (including phenoxy) is 1. The van der Waals surface area contributed by atoms with Gasteiger partial charge in [0.1, 0.15) is 0 Å². The molecule has 0 aromatic rings. The van der Waals surface area contributed by atoms with Crippen LogP contribution in [0.2, 0.25) is 0 Å². The topological polar surface area (TPSA) is 9.23 Å². The van der Waals surface area contributed by atoms with Gasteiger partial charge in [0.05, 0.1) is 0 Å². The van der Waals surface area contributed by atoms with Crippen LogP contribution in [0.15, 0.2) is 0 Å². The van der Waals surface area contributed by atoms with Crippen LogP contribution in [0.25, 0.3) is 0 Å². The summed E-state index contributed by atoms with van der Waals surface area (Å²) in [5, 5.41) is 0. The Kier molecular flexibility index (Phi) is 3.81. The summed E-state index contributed by atoms with van der Waals surface area (Å²) in [5.41, 5.74) is 0. The van der Waals surface area contributed by atoms with Gasteiger partial charge in [-0.25, -0.2) is 0 Å². The van der Waals surface area contributed by atoms with Crippen LogP contribution in [0.3, 0.4) is 0 Å². The highest BCUT2D eigenvalue weighted by molar-refractivity contribution is 4.63. The van der Waals surface area contributed by atoms with Crippen molar-refractivity contribution in [3.05, 3.63) is 6.92 Å². The van der Waals surface area contributed by atoms with Gasteiger partial charge in [-0.05, 0) is 18.8 Å². The number of hydrogen-bond donors (Lipinski definition) is 0. The fraction of sp³-hybridized carbons (Fsp3) is 0.889. The van der Waals surface area contributed by atoms with Crippen LogP contribution < -0.4 is 0 Å². The molecule has 0 atom stereocenters. The minimum atomic E-state index is 0.940. The highest BCUT2D eigenvalue weighted by Crippen LogP contribution is 2.20. The van der Waals surface area contributed by atoms with Gasteiger partial charge in [-0.1, -0.05) is 26.2 Å². The lowest BCUT2D eigenvalue weighted by Crippen LogP contribution is -2.15. The van der Waals surface area contributed by atoms with Gasteiger partial charge in [-0.15, -0.1) is 0 Å². The Morgan fingerprint density at radius 2 is 2.00 bits per heavy atom. The van der Waals surface area contributed by atoms with E-state index in [0.717, 1.165) is 25.6 Å². The summed E-state index contributed by atoms with van der Waals surface area (Å²) in [6, 6.07) is 0. The summed E-state index contributed by atoms with van der Waals surface area (Å²) in [6.07, 6.45) is 6.31. The second-order valence-corrected chi connectivity index (χ2v) is 3.05. The first-order valence-electron chi connectivity index (χ1n) is 4.30. The average Bonchev–Trinajstić information content (AvgIpc) is 2.03. The highest BCUT2D eigenvalue weighted by atomic mass is 16.5. The van der Waals surface area contributed by atoms with Crippen molar-refractivity contribution in [3.8, 4) is 0 Å². The van der Waals surface area contributed by atoms with Crippen molar-refractivity contribution in [2.75, 3.05) is 13.2 Å². The van der Waals surface area contributed by atoms with Gasteiger partial charge >= 0.3 is 0 Å². The molecule has 0 unspecified atom stereocenters. The molecule has 0 aliphatic carbocycles. The standard InChI is InChI=1S/C9H17O/c1-2-3-4-9-5-7-10-8-6-9/h9H,1-8H2. The zero-order valence-corrected chi connectivity index (χ0v) is 6.64. The highest BCUT2D eigenvalue weighted by Gasteiger charge is 2.11. The molecule has 1 radical (unpaired) electrons. The molecule has 0 spiro atoms. The van der Waals surface area contributed by atoms with Crippen molar-refractivity contribution in [1.29, 1.82) is 0 Å². The Bertz CT molecular complexity index is 74.8. The molecule has 0 N–H and O–H groups in total. The van der Waals surface area contributed by atoms with Gasteiger partial charge in [0.25, 0.3) is 0 Å². The minimum Gasteiger partial charge on any atom is -0.381 e. The molecule has 1 rings (SSSR count). The van der Waals surface area contributed by atoms with E-state index in [1.54, 1.807) is 0 Å². The molecule has 1 saturated heterocycles. The zero-order valence-electron chi connectivity index (χ0n) is 6.64. The largest absolute Gasteiger partial charge is 0.381 e. The molecule has 59 valence electrons. The second-order valence-electron chi connectivity index (χ2n) is 3.05. The molecule has 1 fully saturated rings. The van der Waals surface area contributed by atoms with Gasteiger partial charge in [-0.2, -0.15) is 0 Å². The summed E-state index contributed by atoms with van der Waals surface area (Å²) >= 11 is 0. The fourth-order valence-electron chi connectivity index (χ4n) is 1.47. The smallest absolute Gasteiger partial charge is 0.0468 e. The number of hydrogen-bond acceptors (Lipinski definition) is 1. The molecule has 1 aliphatic heterocycles. The molecular formula is C9H17O. The molecule has 0 bridgehead atoms. The first-order valence-corrected chi connectivity index (χ1v) is 4.30. The lowest BCUT2D eigenvalue weighted by Gasteiger charge is -2.21. The molecule has 1 heterocycles. The van der Waals surface area contributed by atoms with Crippen molar-refractivity contribution in [2.24, 2.45) is 5.92 Å². The SMILES string of the molecule is [CH2]CCCC1CCOCC1. The van der Waals surface area contributed by atoms with Crippen molar-refractivity contribution >= 4 is 0 Å². The number of unbranched alkanes of at least 4 members (excludes halogenated alkanes) is 1. The molecular weight excluding hydrogens is 124 g/mol. The molecule has 0 aromatic carbocycles. The molecule has 0 amide bonds. The van der Waals surface area contributed by atoms with Crippen LogP contribution in [0.4, 0.5) is 0 Å². The third-order valence-corrected chi connectivity index (χ3v) is 2.20. The van der Waals surface area contributed by atoms with Crippen molar-refractivity contribution in [2.45, 2.75) is 32.1 Å². The normalized spacial score (nSPS) is 21.3. The van der Waals surface area contributed by atoms with Crippen LogP contribution in [0.1, 0.15) is 32.1 Å². The van der Waals surface area contributed by atoms with E-state index in [1.165, 1.54) is 25.7 Å². The Morgan fingerprint density at radius 3 is 2.60 bits per heavy atom. The quantitative estimate of drug-likeness (QED) is 0.586. The van der Waals surface area contributed by atoms with E-state index >= 15 is 0 Å². The first-order chi connectivity index (χ1) is 4.93. The van der Waals surface area contributed by atoms with E-state index in [0.29, 0.717) is 0 Å². The predicted molar refractivity (Wildman–Crippen MR) is 42.8 cm³/mol. The van der Waals surface area contributed by atoms with Gasteiger partial charge in [-0.3, -0.25) is 0 Å². The van der Waals surface area contributed by atoms with Crippen molar-refractivity contribution < 1.29 is 4.74 Å². The Morgan fingerprint density at radius 1 is 1.30 bits per heavy atom. The fourth-order valence-corrected chi connectivity index (χ4v) is 1.47. The van der Waals surface area contributed by atoms with E-state index in [1.807, 2.05) is 0 Å². The maximum atomic E-state index is 5.26. The van der Waals surface area contributed by atoms with Crippen LogP contribution in [0.5, 0.6) is 0 Å². The lowest BCUT2D eigenvalue weighted by atomic mass is 9.94. The Balaban J connectivity index is 2.02. The maximum Gasteiger partial charge on any atom is 0.0468 e. The van der Waals surface area contributed by atoms with Gasteiger partial charge in [0, 0.05) is 13.2 Å². The van der Waals surface area contributed by atoms with Crippen LogP contribution in [-0.2, 0) is 4.74 Å². The van der Waals surface area contributed by atoms with E-state index in [4.69, 9.17) is 4.74 Å². The lowest BCUT2D eigenvalue weighted by molar-refractivity contribution is 0.0634. The van der Waals surface area contributed by atoms with Crippen molar-refractivity contribution in [1.82, 2.24) is 0 Å². The van der Waals surface area contributed by atoms with Gasteiger partial charge < -0.3 is 4.74 Å². The molecule has 1 aliphatic rings. The average molecular weight is 141 g/mol. The Labute approximate surface area is 63.8 Å². The molecule has 1 nitrogen and oxygen atoms in total. The third-order valence-electron chi connectivity index (χ3n) is 2.20. The third kappa shape index (κ3) is 2.70. The molecule has 10 heavy (non-hydrogen) atoms. The van der Waals surface area contributed by atoms with E-state index in [2.05, 4.69) is 6.92 Å². The van der Waals surface area contributed by atoms with Gasteiger partial charge in [0.15, 0.2) is 0 Å². The molecule has 1 heteroatoms. The number of rotatable bonds is 3. The van der Waals surface area contributed by atoms with E-state index < -0.39 is 0 Å². The summed E-state index contributed by atoms with van der Waals surface area (Å²) < 4.78 is 5.26. The maximum absolute atomic E-state index is 5.26.